The van der Waals surface area contributed by atoms with Gasteiger partial charge in [0.1, 0.15) is 11.3 Å². The van der Waals surface area contributed by atoms with Gasteiger partial charge in [-0.3, -0.25) is 9.59 Å². The highest BCUT2D eigenvalue weighted by Crippen LogP contribution is 2.39. The van der Waals surface area contributed by atoms with E-state index < -0.39 is 6.04 Å². The summed E-state index contributed by atoms with van der Waals surface area (Å²) in [6, 6.07) is 20.9. The summed E-state index contributed by atoms with van der Waals surface area (Å²) in [6.07, 6.45) is 1.57. The van der Waals surface area contributed by atoms with Crippen molar-refractivity contribution in [3.63, 3.8) is 0 Å². The molecule has 1 aliphatic rings. The molecule has 0 radical (unpaired) electrons. The molecule has 0 aliphatic carbocycles. The van der Waals surface area contributed by atoms with E-state index in [0.29, 0.717) is 36.1 Å². The maximum Gasteiger partial charge on any atom is 0.290 e. The second kappa shape index (κ2) is 9.41. The Morgan fingerprint density at radius 3 is 2.49 bits per heavy atom. The van der Waals surface area contributed by atoms with Crippen LogP contribution in [0.2, 0.25) is 0 Å². The molecule has 0 saturated carbocycles. The smallest absolute Gasteiger partial charge is 0.290 e. The van der Waals surface area contributed by atoms with Crippen molar-refractivity contribution in [3.05, 3.63) is 111 Å². The lowest BCUT2D eigenvalue weighted by atomic mass is 9.97. The summed E-state index contributed by atoms with van der Waals surface area (Å²) < 4.78 is 12.0. The highest BCUT2D eigenvalue weighted by Gasteiger charge is 2.42. The van der Waals surface area contributed by atoms with Crippen LogP contribution in [0.3, 0.4) is 0 Å². The third-order valence-electron chi connectivity index (χ3n) is 6.71. The highest BCUT2D eigenvalue weighted by atomic mass is 16.5. The monoisotopic (exact) mass is 467 g/mol. The Morgan fingerprint density at radius 1 is 0.943 bits per heavy atom. The summed E-state index contributed by atoms with van der Waals surface area (Å²) in [5.74, 6) is 0.617. The Bertz CT molecular complexity index is 1450. The molecule has 1 unspecified atom stereocenters. The molecule has 1 atom stereocenters. The van der Waals surface area contributed by atoms with Crippen LogP contribution in [-0.2, 0) is 6.42 Å². The fourth-order valence-corrected chi connectivity index (χ4v) is 4.74. The molecule has 4 aromatic rings. The minimum Gasteiger partial charge on any atom is -0.494 e. The van der Waals surface area contributed by atoms with Crippen LogP contribution in [0.4, 0.5) is 0 Å². The Balaban J connectivity index is 1.64. The topological polar surface area (TPSA) is 59.8 Å². The molecule has 178 valence electrons. The average Bonchev–Trinajstić information content (AvgIpc) is 3.15. The molecule has 1 aliphatic heterocycles. The number of benzene rings is 3. The number of hydrogen-bond acceptors (Lipinski definition) is 4. The summed E-state index contributed by atoms with van der Waals surface area (Å²) in [5, 5.41) is 0.507. The largest absolute Gasteiger partial charge is 0.494 e. The van der Waals surface area contributed by atoms with Gasteiger partial charge in [-0.2, -0.15) is 0 Å². The summed E-state index contributed by atoms with van der Waals surface area (Å²) >= 11 is 0. The van der Waals surface area contributed by atoms with Gasteiger partial charge in [0.25, 0.3) is 5.91 Å². The summed E-state index contributed by atoms with van der Waals surface area (Å²) in [7, 11) is 0. The van der Waals surface area contributed by atoms with E-state index in [0.717, 1.165) is 34.4 Å². The van der Waals surface area contributed by atoms with Crippen molar-refractivity contribution < 1.29 is 13.9 Å². The molecule has 0 spiro atoms. The molecule has 0 fully saturated rings. The number of ether oxygens (including phenoxy) is 1. The maximum atomic E-state index is 13.8. The number of aryl methyl sites for hydroxylation is 2. The van der Waals surface area contributed by atoms with Gasteiger partial charge in [-0.05, 0) is 73.2 Å². The van der Waals surface area contributed by atoms with Gasteiger partial charge in [0.15, 0.2) is 5.43 Å². The number of amides is 1. The third-order valence-corrected chi connectivity index (χ3v) is 6.71. The van der Waals surface area contributed by atoms with Gasteiger partial charge >= 0.3 is 0 Å². The van der Waals surface area contributed by atoms with E-state index in [4.69, 9.17) is 9.15 Å². The van der Waals surface area contributed by atoms with Crippen molar-refractivity contribution in [2.45, 2.75) is 39.7 Å². The first-order chi connectivity index (χ1) is 17.0. The molecule has 0 bridgehead atoms. The number of hydrogen-bond donors (Lipinski definition) is 0. The standard InChI is InChI=1S/C30H29NO4/c1-4-15-34-23-12-8-11-22(18-23)27-26-28(32)24-16-19(2)20(3)17-25(24)35-29(26)30(33)31(27)14-13-21-9-6-5-7-10-21/h5-12,16-18,27H,4,13-15H2,1-3H3. The lowest BCUT2D eigenvalue weighted by Gasteiger charge is -2.25. The van der Waals surface area contributed by atoms with Crippen LogP contribution >= 0.6 is 0 Å². The average molecular weight is 468 g/mol. The molecule has 5 rings (SSSR count). The van der Waals surface area contributed by atoms with Crippen molar-refractivity contribution in [2.24, 2.45) is 0 Å². The SMILES string of the molecule is CCCOc1cccc(C2c3c(oc4cc(C)c(C)cc4c3=O)C(=O)N2CCc2ccccc2)c1. The van der Waals surface area contributed by atoms with Gasteiger partial charge < -0.3 is 14.1 Å². The van der Waals surface area contributed by atoms with Gasteiger partial charge in [0, 0.05) is 6.54 Å². The molecule has 5 heteroatoms. The van der Waals surface area contributed by atoms with E-state index in [9.17, 15) is 9.59 Å². The molecule has 35 heavy (non-hydrogen) atoms. The maximum absolute atomic E-state index is 13.8. The van der Waals surface area contributed by atoms with Gasteiger partial charge in [0.05, 0.1) is 23.6 Å². The van der Waals surface area contributed by atoms with Crippen LogP contribution in [0, 0.1) is 13.8 Å². The highest BCUT2D eigenvalue weighted by molar-refractivity contribution is 5.99. The van der Waals surface area contributed by atoms with E-state index in [1.807, 2.05) is 80.6 Å². The summed E-state index contributed by atoms with van der Waals surface area (Å²) in [4.78, 5) is 29.3. The zero-order valence-corrected chi connectivity index (χ0v) is 20.3. The van der Waals surface area contributed by atoms with Crippen molar-refractivity contribution in [2.75, 3.05) is 13.2 Å². The second-order valence-electron chi connectivity index (χ2n) is 9.16. The first-order valence-electron chi connectivity index (χ1n) is 12.1. The minimum absolute atomic E-state index is 0.142. The lowest BCUT2D eigenvalue weighted by Crippen LogP contribution is -2.31. The fraction of sp³-hybridized carbons (Fsp3) is 0.267. The Kier molecular flexibility index (Phi) is 6.16. The Labute approximate surface area is 205 Å². The molecule has 5 nitrogen and oxygen atoms in total. The van der Waals surface area contributed by atoms with Crippen molar-refractivity contribution >= 4 is 16.9 Å². The molecule has 0 saturated heterocycles. The molecular weight excluding hydrogens is 438 g/mol. The van der Waals surface area contributed by atoms with Gasteiger partial charge in [0.2, 0.25) is 5.76 Å². The predicted molar refractivity (Wildman–Crippen MR) is 137 cm³/mol. The van der Waals surface area contributed by atoms with Crippen LogP contribution in [0.5, 0.6) is 5.75 Å². The van der Waals surface area contributed by atoms with Gasteiger partial charge in [-0.25, -0.2) is 0 Å². The first kappa shape index (κ1) is 22.9. The summed E-state index contributed by atoms with van der Waals surface area (Å²) in [6.45, 7) is 7.07. The predicted octanol–water partition coefficient (Wildman–Crippen LogP) is 5.99. The molecule has 2 heterocycles. The number of carbonyl (C=O) groups excluding carboxylic acids is 1. The van der Waals surface area contributed by atoms with Crippen molar-refractivity contribution in [1.29, 1.82) is 0 Å². The van der Waals surface area contributed by atoms with Crippen molar-refractivity contribution in [1.82, 2.24) is 4.90 Å². The number of fused-ring (bicyclic) bond motifs is 2. The van der Waals surface area contributed by atoms with Crippen LogP contribution < -0.4 is 10.2 Å². The zero-order valence-electron chi connectivity index (χ0n) is 20.3. The van der Waals surface area contributed by atoms with Crippen LogP contribution in [0.1, 0.15) is 57.8 Å². The minimum atomic E-state index is -0.534. The van der Waals surface area contributed by atoms with Gasteiger partial charge in [-0.15, -0.1) is 0 Å². The molecular formula is C30H29NO4. The normalized spacial score (nSPS) is 15.0. The van der Waals surface area contributed by atoms with E-state index in [-0.39, 0.29) is 17.1 Å². The third kappa shape index (κ3) is 4.23. The number of rotatable bonds is 7. The van der Waals surface area contributed by atoms with Crippen molar-refractivity contribution in [3.8, 4) is 5.75 Å². The van der Waals surface area contributed by atoms with E-state index >= 15 is 0 Å². The summed E-state index contributed by atoms with van der Waals surface area (Å²) in [5.41, 5.74) is 4.72. The molecule has 0 N–H and O–H groups in total. The van der Waals surface area contributed by atoms with Crippen LogP contribution in [0.15, 0.2) is 75.9 Å². The number of carbonyl (C=O) groups is 1. The van der Waals surface area contributed by atoms with Crippen LogP contribution in [-0.4, -0.2) is 24.0 Å². The molecule has 1 amide bonds. The Hall–Kier alpha value is -3.86. The molecule has 1 aromatic heterocycles. The molecule has 3 aromatic carbocycles. The fourth-order valence-electron chi connectivity index (χ4n) is 4.74. The lowest BCUT2D eigenvalue weighted by molar-refractivity contribution is 0.0730. The van der Waals surface area contributed by atoms with E-state index in [1.165, 1.54) is 0 Å². The number of nitrogens with zero attached hydrogens (tertiary/aromatic N) is 1. The van der Waals surface area contributed by atoms with E-state index in [1.54, 1.807) is 4.90 Å². The first-order valence-corrected chi connectivity index (χ1v) is 12.1. The Morgan fingerprint density at radius 2 is 1.71 bits per heavy atom. The van der Waals surface area contributed by atoms with Crippen LogP contribution in [0.25, 0.3) is 11.0 Å². The van der Waals surface area contributed by atoms with Gasteiger partial charge in [-0.1, -0.05) is 49.4 Å². The second-order valence-corrected chi connectivity index (χ2v) is 9.16. The quantitative estimate of drug-likeness (QED) is 0.335. The van der Waals surface area contributed by atoms with E-state index in [2.05, 4.69) is 6.92 Å². The zero-order chi connectivity index (χ0) is 24.5.